The summed E-state index contributed by atoms with van der Waals surface area (Å²) in [4.78, 5) is 15.7. The summed E-state index contributed by atoms with van der Waals surface area (Å²) in [5, 5.41) is 28.3. The number of hydrogen-bond acceptors (Lipinski definition) is 5. The second kappa shape index (κ2) is 6.26. The highest BCUT2D eigenvalue weighted by atomic mass is 16.6. The van der Waals surface area contributed by atoms with E-state index in [1.165, 1.54) is 6.07 Å². The first-order valence-electron chi connectivity index (χ1n) is 8.01. The molecule has 0 saturated carbocycles. The fourth-order valence-electron chi connectivity index (χ4n) is 3.39. The van der Waals surface area contributed by atoms with Crippen LogP contribution in [0.5, 0.6) is 0 Å². The smallest absolute Gasteiger partial charge is 0.261 e. The number of aromatic nitrogens is 2. The van der Waals surface area contributed by atoms with Gasteiger partial charge in [-0.15, -0.1) is 0 Å². The van der Waals surface area contributed by atoms with Gasteiger partial charge in [0.05, 0.1) is 22.9 Å². The number of H-pyrrole nitrogens is 1. The van der Waals surface area contributed by atoms with Crippen molar-refractivity contribution in [1.82, 2.24) is 10.2 Å². The largest absolute Gasteiger partial charge is 0.273 e. The molecule has 2 atom stereocenters. The molecule has 2 aromatic carbocycles. The Morgan fingerprint density at radius 3 is 2.54 bits per heavy atom. The first-order valence-corrected chi connectivity index (χ1v) is 8.01. The molecule has 0 spiro atoms. The number of nitriles is 1. The lowest BCUT2D eigenvalue weighted by molar-refractivity contribution is -0.385. The van der Waals surface area contributed by atoms with E-state index in [-0.39, 0.29) is 5.69 Å². The van der Waals surface area contributed by atoms with E-state index in [1.807, 2.05) is 30.3 Å². The van der Waals surface area contributed by atoms with Crippen LogP contribution in [0.3, 0.4) is 0 Å². The summed E-state index contributed by atoms with van der Waals surface area (Å²) < 4.78 is 0. The normalized spacial score (nSPS) is 18.5. The Kier molecular flexibility index (Phi) is 3.78. The third-order valence-electron chi connectivity index (χ3n) is 4.52. The van der Waals surface area contributed by atoms with Gasteiger partial charge >= 0.3 is 0 Å². The summed E-state index contributed by atoms with van der Waals surface area (Å²) in [5.74, 6) is -0.662. The van der Waals surface area contributed by atoms with Crippen molar-refractivity contribution in [3.05, 3.63) is 87.6 Å². The number of nitrogens with one attached hydrogen (secondary N) is 1. The predicted molar refractivity (Wildman–Crippen MR) is 95.3 cm³/mol. The van der Waals surface area contributed by atoms with Crippen molar-refractivity contribution in [3.8, 4) is 6.07 Å². The number of rotatable bonds is 3. The molecule has 1 aromatic heterocycles. The van der Waals surface area contributed by atoms with Gasteiger partial charge in [0.2, 0.25) is 0 Å². The van der Waals surface area contributed by atoms with E-state index in [1.54, 1.807) is 24.4 Å². The Bertz CT molecular complexity index is 1050. The summed E-state index contributed by atoms with van der Waals surface area (Å²) in [6, 6.07) is 18.2. The second-order valence-corrected chi connectivity index (χ2v) is 5.94. The number of nitro groups is 1. The maximum absolute atomic E-state index is 11.5. The topological polar surface area (TPSA) is 108 Å². The molecule has 4 rings (SSSR count). The third-order valence-corrected chi connectivity index (χ3v) is 4.52. The quantitative estimate of drug-likeness (QED) is 0.577. The van der Waals surface area contributed by atoms with Crippen LogP contribution >= 0.6 is 0 Å². The van der Waals surface area contributed by atoms with Crippen molar-refractivity contribution >= 4 is 17.2 Å². The number of fused-ring (bicyclic) bond motifs is 1. The van der Waals surface area contributed by atoms with Gasteiger partial charge in [-0.1, -0.05) is 48.5 Å². The van der Waals surface area contributed by atoms with E-state index in [2.05, 4.69) is 21.3 Å². The molecule has 2 heterocycles. The maximum Gasteiger partial charge on any atom is 0.273 e. The Hall–Kier alpha value is -3.79. The van der Waals surface area contributed by atoms with Crippen LogP contribution in [0, 0.1) is 27.4 Å². The molecule has 26 heavy (non-hydrogen) atoms. The van der Waals surface area contributed by atoms with Gasteiger partial charge in [0.25, 0.3) is 5.69 Å². The van der Waals surface area contributed by atoms with Gasteiger partial charge in [0, 0.05) is 23.1 Å². The highest BCUT2D eigenvalue weighted by Gasteiger charge is 2.39. The fraction of sp³-hybridized carbons (Fsp3) is 0.105. The number of benzene rings is 2. The molecule has 0 saturated heterocycles. The van der Waals surface area contributed by atoms with Crippen LogP contribution in [0.15, 0.2) is 65.8 Å². The van der Waals surface area contributed by atoms with Crippen LogP contribution in [0.25, 0.3) is 0 Å². The second-order valence-electron chi connectivity index (χ2n) is 5.94. The summed E-state index contributed by atoms with van der Waals surface area (Å²) in [6.45, 7) is 0. The van der Waals surface area contributed by atoms with Gasteiger partial charge in [0.15, 0.2) is 5.82 Å². The molecule has 0 aliphatic carbocycles. The van der Waals surface area contributed by atoms with E-state index in [4.69, 9.17) is 0 Å². The van der Waals surface area contributed by atoms with Crippen LogP contribution in [0.4, 0.5) is 11.5 Å². The van der Waals surface area contributed by atoms with Crippen molar-refractivity contribution < 1.29 is 4.92 Å². The first-order chi connectivity index (χ1) is 12.7. The average molecular weight is 343 g/mol. The molecule has 0 bridgehead atoms. The molecule has 0 fully saturated rings. The molecule has 3 aromatic rings. The van der Waals surface area contributed by atoms with Crippen LogP contribution in [0.2, 0.25) is 0 Å². The van der Waals surface area contributed by atoms with Gasteiger partial charge < -0.3 is 0 Å². The molecule has 1 aliphatic heterocycles. The standard InChI is InChI=1S/C19H13N5O2/c20-10-14-17(13-8-4-5-9-16(13)24(25)26)15-11-21-23-19(15)22-18(14)12-6-2-1-3-7-12/h1-9,11,14,17H,(H,21,23). The van der Waals surface area contributed by atoms with Gasteiger partial charge in [-0.25, -0.2) is 4.99 Å². The number of hydrogen-bond donors (Lipinski definition) is 1. The zero-order valence-corrected chi connectivity index (χ0v) is 13.5. The molecule has 2 unspecified atom stereocenters. The van der Waals surface area contributed by atoms with Gasteiger partial charge in [-0.05, 0) is 5.56 Å². The summed E-state index contributed by atoms with van der Waals surface area (Å²) in [6.07, 6.45) is 1.59. The van der Waals surface area contributed by atoms with Crippen LogP contribution in [-0.4, -0.2) is 20.8 Å². The molecule has 7 heteroatoms. The molecule has 1 N–H and O–H groups in total. The Morgan fingerprint density at radius 1 is 1.08 bits per heavy atom. The summed E-state index contributed by atoms with van der Waals surface area (Å²) in [7, 11) is 0. The molecular formula is C19H13N5O2. The molecular weight excluding hydrogens is 330 g/mol. The predicted octanol–water partition coefficient (Wildman–Crippen LogP) is 3.72. The lowest BCUT2D eigenvalue weighted by Crippen LogP contribution is -2.26. The fourth-order valence-corrected chi connectivity index (χ4v) is 3.39. The molecule has 0 amide bonds. The van der Waals surface area contributed by atoms with Crippen molar-refractivity contribution in [1.29, 1.82) is 5.26 Å². The highest BCUT2D eigenvalue weighted by Crippen LogP contribution is 2.44. The molecule has 126 valence electrons. The monoisotopic (exact) mass is 343 g/mol. The zero-order chi connectivity index (χ0) is 18.1. The van der Waals surface area contributed by atoms with Gasteiger partial charge in [-0.2, -0.15) is 10.4 Å². The van der Waals surface area contributed by atoms with Gasteiger partial charge in [-0.3, -0.25) is 15.2 Å². The van der Waals surface area contributed by atoms with E-state index in [0.717, 1.165) is 5.56 Å². The van der Waals surface area contributed by atoms with Crippen molar-refractivity contribution in [2.45, 2.75) is 5.92 Å². The third kappa shape index (κ3) is 2.45. The van der Waals surface area contributed by atoms with Crippen LogP contribution in [0.1, 0.15) is 22.6 Å². The maximum atomic E-state index is 11.5. The van der Waals surface area contributed by atoms with Crippen LogP contribution < -0.4 is 0 Å². The number of aromatic amines is 1. The van der Waals surface area contributed by atoms with E-state index in [9.17, 15) is 15.4 Å². The number of nitro benzene ring substituents is 1. The lowest BCUT2D eigenvalue weighted by Gasteiger charge is -2.27. The number of nitrogens with zero attached hydrogens (tertiary/aromatic N) is 4. The molecule has 1 aliphatic rings. The van der Waals surface area contributed by atoms with E-state index < -0.39 is 16.8 Å². The molecule has 7 nitrogen and oxygen atoms in total. The average Bonchev–Trinajstić information content (AvgIpc) is 3.15. The van der Waals surface area contributed by atoms with Crippen molar-refractivity contribution in [2.24, 2.45) is 10.9 Å². The van der Waals surface area contributed by atoms with Crippen molar-refractivity contribution in [2.75, 3.05) is 0 Å². The minimum Gasteiger partial charge on any atom is -0.261 e. The Balaban J connectivity index is 1.95. The number of para-hydroxylation sites is 1. The van der Waals surface area contributed by atoms with Gasteiger partial charge in [0.1, 0.15) is 5.92 Å². The molecule has 0 radical (unpaired) electrons. The minimum atomic E-state index is -0.663. The van der Waals surface area contributed by atoms with Crippen LogP contribution in [-0.2, 0) is 0 Å². The highest BCUT2D eigenvalue weighted by molar-refractivity contribution is 6.07. The first kappa shape index (κ1) is 15.7. The Morgan fingerprint density at radius 2 is 1.81 bits per heavy atom. The Labute approximate surface area is 148 Å². The lowest BCUT2D eigenvalue weighted by atomic mass is 9.76. The van der Waals surface area contributed by atoms with E-state index in [0.29, 0.717) is 22.7 Å². The zero-order valence-electron chi connectivity index (χ0n) is 13.5. The number of aliphatic imine (C=N–C) groups is 1. The summed E-state index contributed by atoms with van der Waals surface area (Å²) in [5.41, 5.74) is 2.54. The van der Waals surface area contributed by atoms with Crippen molar-refractivity contribution in [3.63, 3.8) is 0 Å². The van der Waals surface area contributed by atoms with E-state index >= 15 is 0 Å². The minimum absolute atomic E-state index is 0.0146. The SMILES string of the molecule is N#CC1C(c2ccccc2)=Nc2[nH]ncc2C1c1ccccc1[N+](=O)[O-]. The summed E-state index contributed by atoms with van der Waals surface area (Å²) >= 11 is 0.